The standard InChI is InChI=1S/C25H26FNO5/c1-24(2,23(30)31)25(12-4-5-18(15-25)17-7-9-19(26)10-8-17)27-22(29)14-16-6-11-20(28)21(13-16)32-3/h4-13,28H,14-15H2,1-3H3,(H,27,29)(H,30,31). The highest BCUT2D eigenvalue weighted by Crippen LogP contribution is 2.42. The van der Waals surface area contributed by atoms with Crippen LogP contribution in [0, 0.1) is 11.2 Å². The molecule has 0 radical (unpaired) electrons. The predicted octanol–water partition coefficient (Wildman–Crippen LogP) is 4.09. The Labute approximate surface area is 186 Å². The van der Waals surface area contributed by atoms with E-state index in [9.17, 15) is 24.2 Å². The van der Waals surface area contributed by atoms with Crippen LogP contribution in [0.4, 0.5) is 4.39 Å². The van der Waals surface area contributed by atoms with Crippen LogP contribution < -0.4 is 10.1 Å². The first-order valence-corrected chi connectivity index (χ1v) is 10.1. The average molecular weight is 439 g/mol. The first kappa shape index (κ1) is 23.1. The van der Waals surface area contributed by atoms with Gasteiger partial charge >= 0.3 is 5.97 Å². The fraction of sp³-hybridized carbons (Fsp3) is 0.280. The molecule has 1 unspecified atom stereocenters. The Bertz CT molecular complexity index is 1090. The molecule has 3 rings (SSSR count). The van der Waals surface area contributed by atoms with E-state index in [2.05, 4.69) is 5.32 Å². The van der Waals surface area contributed by atoms with Crippen molar-refractivity contribution in [3.8, 4) is 11.5 Å². The molecule has 3 N–H and O–H groups in total. The van der Waals surface area contributed by atoms with E-state index in [0.29, 0.717) is 5.56 Å². The Kier molecular flexibility index (Phi) is 6.39. The van der Waals surface area contributed by atoms with E-state index < -0.39 is 16.9 Å². The van der Waals surface area contributed by atoms with Gasteiger partial charge in [-0.2, -0.15) is 0 Å². The molecule has 2 aromatic carbocycles. The molecule has 0 spiro atoms. The number of phenolic OH excluding ortho intramolecular Hbond substituents is 1. The van der Waals surface area contributed by atoms with Crippen molar-refractivity contribution in [2.75, 3.05) is 7.11 Å². The van der Waals surface area contributed by atoms with Gasteiger partial charge in [0.2, 0.25) is 5.91 Å². The van der Waals surface area contributed by atoms with E-state index in [4.69, 9.17) is 4.74 Å². The van der Waals surface area contributed by atoms with Gasteiger partial charge in [-0.05, 0) is 54.8 Å². The SMILES string of the molecule is COc1cc(CC(=O)NC2(C(C)(C)C(=O)O)C=CC=C(c3ccc(F)cc3)C2)ccc1O. The van der Waals surface area contributed by atoms with Crippen LogP contribution in [0.1, 0.15) is 31.4 Å². The third-order valence-electron chi connectivity index (χ3n) is 5.98. The first-order valence-electron chi connectivity index (χ1n) is 10.1. The summed E-state index contributed by atoms with van der Waals surface area (Å²) in [6.07, 6.45) is 5.44. The number of hydrogen-bond acceptors (Lipinski definition) is 4. The molecule has 7 heteroatoms. The number of phenols is 1. The van der Waals surface area contributed by atoms with Gasteiger partial charge in [0.1, 0.15) is 5.82 Å². The van der Waals surface area contributed by atoms with Crippen LogP contribution in [0.15, 0.2) is 60.7 Å². The predicted molar refractivity (Wildman–Crippen MR) is 119 cm³/mol. The van der Waals surface area contributed by atoms with E-state index >= 15 is 0 Å². The van der Waals surface area contributed by atoms with Crippen LogP contribution in [-0.2, 0) is 16.0 Å². The number of carbonyl (C=O) groups is 2. The molecule has 0 heterocycles. The number of rotatable bonds is 7. The molecule has 0 fully saturated rings. The van der Waals surface area contributed by atoms with E-state index in [-0.39, 0.29) is 36.1 Å². The quantitative estimate of drug-likeness (QED) is 0.604. The molecule has 0 bridgehead atoms. The number of carboxylic acid groups (broad SMARTS) is 1. The molecule has 1 aliphatic rings. The topological polar surface area (TPSA) is 95.9 Å². The lowest BCUT2D eigenvalue weighted by Crippen LogP contribution is -2.60. The number of hydrogen-bond donors (Lipinski definition) is 3. The summed E-state index contributed by atoms with van der Waals surface area (Å²) in [4.78, 5) is 25.2. The number of allylic oxidation sites excluding steroid dienone is 2. The van der Waals surface area contributed by atoms with Gasteiger partial charge in [0.05, 0.1) is 24.5 Å². The molecule has 0 saturated carbocycles. The van der Waals surface area contributed by atoms with Crippen LogP contribution in [0.25, 0.3) is 5.57 Å². The summed E-state index contributed by atoms with van der Waals surface area (Å²) in [5, 5.41) is 22.7. The summed E-state index contributed by atoms with van der Waals surface area (Å²) in [5.74, 6) is -1.60. The molecule has 168 valence electrons. The van der Waals surface area contributed by atoms with Gasteiger partial charge in [-0.1, -0.05) is 36.4 Å². The van der Waals surface area contributed by atoms with Crippen LogP contribution >= 0.6 is 0 Å². The second-order valence-electron chi connectivity index (χ2n) is 8.37. The molecule has 0 aliphatic heterocycles. The second-order valence-corrected chi connectivity index (χ2v) is 8.37. The van der Waals surface area contributed by atoms with Crippen molar-refractivity contribution >= 4 is 17.4 Å². The smallest absolute Gasteiger partial charge is 0.311 e. The number of methoxy groups -OCH3 is 1. The molecule has 1 amide bonds. The van der Waals surface area contributed by atoms with Crippen molar-refractivity contribution in [2.24, 2.45) is 5.41 Å². The van der Waals surface area contributed by atoms with E-state index in [1.807, 2.05) is 6.08 Å². The van der Waals surface area contributed by atoms with Crippen molar-refractivity contribution in [3.63, 3.8) is 0 Å². The van der Waals surface area contributed by atoms with Gasteiger partial charge in [-0.3, -0.25) is 9.59 Å². The van der Waals surface area contributed by atoms with Crippen molar-refractivity contribution in [1.82, 2.24) is 5.32 Å². The Morgan fingerprint density at radius 3 is 2.50 bits per heavy atom. The summed E-state index contributed by atoms with van der Waals surface area (Å²) < 4.78 is 18.5. The van der Waals surface area contributed by atoms with Gasteiger partial charge in [0.15, 0.2) is 11.5 Å². The van der Waals surface area contributed by atoms with E-state index in [1.54, 1.807) is 50.3 Å². The molecule has 32 heavy (non-hydrogen) atoms. The molecular weight excluding hydrogens is 413 g/mol. The van der Waals surface area contributed by atoms with Crippen LogP contribution in [-0.4, -0.2) is 34.7 Å². The third kappa shape index (κ3) is 4.51. The van der Waals surface area contributed by atoms with Crippen molar-refractivity contribution < 1.29 is 28.9 Å². The molecule has 1 aliphatic carbocycles. The van der Waals surface area contributed by atoms with Gasteiger partial charge < -0.3 is 20.3 Å². The lowest BCUT2D eigenvalue weighted by Gasteiger charge is -2.44. The average Bonchev–Trinajstić information content (AvgIpc) is 2.75. The minimum Gasteiger partial charge on any atom is -0.504 e. The van der Waals surface area contributed by atoms with Crippen molar-refractivity contribution in [3.05, 3.63) is 77.6 Å². The Morgan fingerprint density at radius 2 is 1.88 bits per heavy atom. The van der Waals surface area contributed by atoms with Crippen molar-refractivity contribution in [1.29, 1.82) is 0 Å². The van der Waals surface area contributed by atoms with Crippen LogP contribution in [0.3, 0.4) is 0 Å². The number of ether oxygens (including phenoxy) is 1. The molecule has 1 atom stereocenters. The second kappa shape index (κ2) is 8.86. The summed E-state index contributed by atoms with van der Waals surface area (Å²) >= 11 is 0. The lowest BCUT2D eigenvalue weighted by molar-refractivity contribution is -0.151. The van der Waals surface area contributed by atoms with Gasteiger partial charge in [0, 0.05) is 6.42 Å². The Hall–Kier alpha value is -3.61. The van der Waals surface area contributed by atoms with Crippen LogP contribution in [0.2, 0.25) is 0 Å². The number of amides is 1. The Balaban J connectivity index is 1.91. The van der Waals surface area contributed by atoms with Crippen LogP contribution in [0.5, 0.6) is 11.5 Å². The number of aromatic hydroxyl groups is 1. The summed E-state index contributed by atoms with van der Waals surface area (Å²) in [6.45, 7) is 3.13. The summed E-state index contributed by atoms with van der Waals surface area (Å²) in [7, 11) is 1.42. The number of carboxylic acids is 1. The number of aliphatic carboxylic acids is 1. The van der Waals surface area contributed by atoms with E-state index in [1.165, 1.54) is 25.3 Å². The minimum absolute atomic E-state index is 0.0302. The monoisotopic (exact) mass is 439 g/mol. The molecular formula is C25H26FNO5. The van der Waals surface area contributed by atoms with Crippen molar-refractivity contribution in [2.45, 2.75) is 32.2 Å². The minimum atomic E-state index is -1.34. The maximum atomic E-state index is 13.4. The Morgan fingerprint density at radius 1 is 1.19 bits per heavy atom. The number of benzene rings is 2. The van der Waals surface area contributed by atoms with Gasteiger partial charge in [-0.15, -0.1) is 0 Å². The maximum Gasteiger partial charge on any atom is 0.311 e. The zero-order chi connectivity index (χ0) is 23.5. The van der Waals surface area contributed by atoms with E-state index in [0.717, 1.165) is 11.1 Å². The zero-order valence-corrected chi connectivity index (χ0v) is 18.2. The number of carbonyl (C=O) groups excluding carboxylic acids is 1. The molecule has 2 aromatic rings. The number of halogens is 1. The molecule has 6 nitrogen and oxygen atoms in total. The largest absolute Gasteiger partial charge is 0.504 e. The highest BCUT2D eigenvalue weighted by atomic mass is 19.1. The van der Waals surface area contributed by atoms with Gasteiger partial charge in [0.25, 0.3) is 0 Å². The zero-order valence-electron chi connectivity index (χ0n) is 18.2. The highest BCUT2D eigenvalue weighted by molar-refractivity contribution is 5.85. The lowest BCUT2D eigenvalue weighted by atomic mass is 9.66. The highest BCUT2D eigenvalue weighted by Gasteiger charge is 2.50. The summed E-state index contributed by atoms with van der Waals surface area (Å²) in [5.41, 5.74) is -0.414. The normalized spacial score (nSPS) is 18.1. The fourth-order valence-corrected chi connectivity index (χ4v) is 3.78. The fourth-order valence-electron chi connectivity index (χ4n) is 3.78. The number of nitrogens with one attached hydrogen (secondary N) is 1. The molecule has 0 aromatic heterocycles. The third-order valence-corrected chi connectivity index (χ3v) is 5.98. The van der Waals surface area contributed by atoms with Gasteiger partial charge in [-0.25, -0.2) is 4.39 Å². The first-order chi connectivity index (χ1) is 15.1. The maximum absolute atomic E-state index is 13.4. The summed E-state index contributed by atoms with van der Waals surface area (Å²) in [6, 6.07) is 10.5. The molecule has 0 saturated heterocycles.